The van der Waals surface area contributed by atoms with Gasteiger partial charge in [-0.3, -0.25) is 0 Å². The number of aryl methyl sites for hydroxylation is 1. The zero-order valence-corrected chi connectivity index (χ0v) is 10.6. The summed E-state index contributed by atoms with van der Waals surface area (Å²) in [6.07, 6.45) is 0. The quantitative estimate of drug-likeness (QED) is 0.394. The summed E-state index contributed by atoms with van der Waals surface area (Å²) in [5.41, 5.74) is 8.40. The number of hydrogen-bond acceptors (Lipinski definition) is 0. The van der Waals surface area contributed by atoms with Gasteiger partial charge in [0.25, 0.3) is 0 Å². The van der Waals surface area contributed by atoms with Crippen LogP contribution >= 0.6 is 0 Å². The Morgan fingerprint density at radius 3 is 2.28 bits per heavy atom. The van der Waals surface area contributed by atoms with Crippen molar-refractivity contribution in [2.45, 2.75) is 13.8 Å². The molecule has 4 rings (SSSR count). The Balaban J connectivity index is 2.33. The highest BCUT2D eigenvalue weighted by Gasteiger charge is 2.22. The molecule has 3 aromatic carbocycles. The fraction of sp³-hybridized carbons (Fsp3) is 0.111. The molecule has 3 aromatic rings. The second-order valence-corrected chi connectivity index (χ2v) is 5.14. The molecule has 0 saturated heterocycles. The van der Waals surface area contributed by atoms with Crippen molar-refractivity contribution < 1.29 is 0 Å². The van der Waals surface area contributed by atoms with Crippen LogP contribution in [0.2, 0.25) is 0 Å². The monoisotopic (exact) mass is 230 g/mol. The molecular weight excluding hydrogens is 216 g/mol. The van der Waals surface area contributed by atoms with E-state index in [1.165, 1.54) is 44.2 Å². The Hall–Kier alpha value is -2.08. The van der Waals surface area contributed by atoms with E-state index in [0.29, 0.717) is 0 Å². The third kappa shape index (κ3) is 1.06. The van der Waals surface area contributed by atoms with Crippen molar-refractivity contribution >= 4 is 10.8 Å². The van der Waals surface area contributed by atoms with E-state index in [9.17, 15) is 0 Å². The van der Waals surface area contributed by atoms with E-state index in [2.05, 4.69) is 62.4 Å². The van der Waals surface area contributed by atoms with Crippen LogP contribution in [0, 0.1) is 13.8 Å². The molecule has 0 fully saturated rings. The van der Waals surface area contributed by atoms with E-state index in [4.69, 9.17) is 0 Å². The first kappa shape index (κ1) is 9.90. The average Bonchev–Trinajstić information content (AvgIpc) is 2.73. The zero-order chi connectivity index (χ0) is 12.3. The van der Waals surface area contributed by atoms with E-state index in [0.717, 1.165) is 0 Å². The zero-order valence-electron chi connectivity index (χ0n) is 10.6. The Bertz CT molecular complexity index is 794. The Labute approximate surface area is 107 Å². The van der Waals surface area contributed by atoms with Crippen LogP contribution in [-0.2, 0) is 0 Å². The third-order valence-corrected chi connectivity index (χ3v) is 4.17. The summed E-state index contributed by atoms with van der Waals surface area (Å²) >= 11 is 0. The maximum Gasteiger partial charge on any atom is -0.00235 e. The third-order valence-electron chi connectivity index (χ3n) is 4.17. The summed E-state index contributed by atoms with van der Waals surface area (Å²) in [7, 11) is 0. The van der Waals surface area contributed by atoms with Gasteiger partial charge in [-0.1, -0.05) is 48.5 Å². The molecule has 0 aliphatic heterocycles. The molecule has 0 saturated carbocycles. The first-order valence-electron chi connectivity index (χ1n) is 6.40. The lowest BCUT2D eigenvalue weighted by atomic mass is 9.95. The second-order valence-electron chi connectivity index (χ2n) is 5.14. The molecule has 0 N–H and O–H groups in total. The Morgan fingerprint density at radius 1 is 0.722 bits per heavy atom. The van der Waals surface area contributed by atoms with Gasteiger partial charge >= 0.3 is 0 Å². The van der Waals surface area contributed by atoms with E-state index < -0.39 is 0 Å². The smallest absolute Gasteiger partial charge is 0.00235 e. The summed E-state index contributed by atoms with van der Waals surface area (Å²) in [6.45, 7) is 4.45. The van der Waals surface area contributed by atoms with Crippen molar-refractivity contribution in [2.24, 2.45) is 0 Å². The van der Waals surface area contributed by atoms with Crippen LogP contribution in [0.3, 0.4) is 0 Å². The standard InChI is InChI=1S/C18H14/c1-11-10-13-6-5-9-16-14-7-3-4-8-15(14)17(12(11)2)18(13)16/h3-10H,1-2H3. The number of rotatable bonds is 0. The first-order chi connectivity index (χ1) is 8.77. The molecule has 1 aliphatic rings. The molecule has 0 bridgehead atoms. The SMILES string of the molecule is Cc1cc2cccc3c2c(c1C)-c1ccccc1-3. The van der Waals surface area contributed by atoms with Crippen molar-refractivity contribution in [3.63, 3.8) is 0 Å². The van der Waals surface area contributed by atoms with Crippen molar-refractivity contribution in [3.8, 4) is 22.3 Å². The second kappa shape index (κ2) is 3.23. The summed E-state index contributed by atoms with van der Waals surface area (Å²) < 4.78 is 0. The molecule has 0 atom stereocenters. The molecule has 0 amide bonds. The van der Waals surface area contributed by atoms with Gasteiger partial charge in [0.15, 0.2) is 0 Å². The summed E-state index contributed by atoms with van der Waals surface area (Å²) in [4.78, 5) is 0. The Morgan fingerprint density at radius 2 is 1.44 bits per heavy atom. The fourth-order valence-corrected chi connectivity index (χ4v) is 3.19. The molecule has 0 spiro atoms. The van der Waals surface area contributed by atoms with Crippen LogP contribution < -0.4 is 0 Å². The highest BCUT2D eigenvalue weighted by Crippen LogP contribution is 2.48. The van der Waals surface area contributed by atoms with Crippen LogP contribution in [0.25, 0.3) is 33.0 Å². The van der Waals surface area contributed by atoms with Gasteiger partial charge in [-0.15, -0.1) is 0 Å². The maximum absolute atomic E-state index is 2.31. The minimum Gasteiger partial charge on any atom is -0.0616 e. The first-order valence-corrected chi connectivity index (χ1v) is 6.40. The lowest BCUT2D eigenvalue weighted by Gasteiger charge is -2.09. The minimum absolute atomic E-state index is 1.36. The Kier molecular flexibility index (Phi) is 1.78. The van der Waals surface area contributed by atoms with E-state index in [1.807, 2.05) is 0 Å². The highest BCUT2D eigenvalue weighted by atomic mass is 14.3. The van der Waals surface area contributed by atoms with E-state index in [-0.39, 0.29) is 0 Å². The van der Waals surface area contributed by atoms with Gasteiger partial charge in [0, 0.05) is 0 Å². The normalized spacial score (nSPS) is 11.9. The molecule has 0 aromatic heterocycles. The summed E-state index contributed by atoms with van der Waals surface area (Å²) in [5, 5.41) is 2.80. The van der Waals surface area contributed by atoms with Crippen molar-refractivity contribution in [2.75, 3.05) is 0 Å². The van der Waals surface area contributed by atoms with Crippen LogP contribution in [0.4, 0.5) is 0 Å². The fourth-order valence-electron chi connectivity index (χ4n) is 3.19. The van der Waals surface area contributed by atoms with Gasteiger partial charge < -0.3 is 0 Å². The molecular formula is C18H14. The number of hydrogen-bond donors (Lipinski definition) is 0. The molecule has 18 heavy (non-hydrogen) atoms. The van der Waals surface area contributed by atoms with Gasteiger partial charge in [-0.05, 0) is 58.0 Å². The lowest BCUT2D eigenvalue weighted by Crippen LogP contribution is -1.86. The van der Waals surface area contributed by atoms with Crippen LogP contribution in [0.5, 0.6) is 0 Å². The molecule has 0 nitrogen and oxygen atoms in total. The number of benzene rings is 3. The summed E-state index contributed by atoms with van der Waals surface area (Å²) in [6, 6.07) is 17.7. The topological polar surface area (TPSA) is 0 Å². The van der Waals surface area contributed by atoms with Gasteiger partial charge in [-0.25, -0.2) is 0 Å². The van der Waals surface area contributed by atoms with E-state index in [1.54, 1.807) is 0 Å². The van der Waals surface area contributed by atoms with Crippen LogP contribution in [0.15, 0.2) is 48.5 Å². The maximum atomic E-state index is 2.31. The van der Waals surface area contributed by atoms with Crippen molar-refractivity contribution in [1.82, 2.24) is 0 Å². The number of fused-ring (bicyclic) bond motifs is 3. The van der Waals surface area contributed by atoms with E-state index >= 15 is 0 Å². The molecule has 0 heterocycles. The minimum atomic E-state index is 1.36. The highest BCUT2D eigenvalue weighted by molar-refractivity contribution is 6.16. The van der Waals surface area contributed by atoms with Gasteiger partial charge in [0.2, 0.25) is 0 Å². The molecule has 1 aliphatic carbocycles. The van der Waals surface area contributed by atoms with Crippen LogP contribution in [0.1, 0.15) is 11.1 Å². The van der Waals surface area contributed by atoms with Gasteiger partial charge in [0.1, 0.15) is 0 Å². The van der Waals surface area contributed by atoms with Crippen molar-refractivity contribution in [3.05, 3.63) is 59.7 Å². The lowest BCUT2D eigenvalue weighted by molar-refractivity contribution is 1.37. The molecule has 0 radical (unpaired) electrons. The molecule has 0 heteroatoms. The van der Waals surface area contributed by atoms with Gasteiger partial charge in [-0.2, -0.15) is 0 Å². The molecule has 0 unspecified atom stereocenters. The van der Waals surface area contributed by atoms with Crippen molar-refractivity contribution in [1.29, 1.82) is 0 Å². The van der Waals surface area contributed by atoms with Gasteiger partial charge in [0.05, 0.1) is 0 Å². The summed E-state index contributed by atoms with van der Waals surface area (Å²) in [5.74, 6) is 0. The average molecular weight is 230 g/mol. The molecule has 86 valence electrons. The van der Waals surface area contributed by atoms with Crippen LogP contribution in [-0.4, -0.2) is 0 Å². The predicted molar refractivity (Wildman–Crippen MR) is 77.9 cm³/mol. The predicted octanol–water partition coefficient (Wildman–Crippen LogP) is 5.10. The largest absolute Gasteiger partial charge is 0.0616 e.